The number of aromatic nitrogens is 2. The summed E-state index contributed by atoms with van der Waals surface area (Å²) in [5.74, 6) is 0.530. The van der Waals surface area contributed by atoms with Crippen molar-refractivity contribution in [2.45, 2.75) is 4.34 Å². The molecule has 31 heavy (non-hydrogen) atoms. The summed E-state index contributed by atoms with van der Waals surface area (Å²) >= 11 is 14.2. The molecule has 2 aromatic carbocycles. The molecule has 0 atom stereocenters. The van der Waals surface area contributed by atoms with Crippen molar-refractivity contribution >= 4 is 68.9 Å². The fraction of sp³-hybridized carbons (Fsp3) is 0.158. The molecular formula is C19H16Cl2N4O4S2. The second-order valence-electron chi connectivity index (χ2n) is 5.86. The van der Waals surface area contributed by atoms with Gasteiger partial charge in [-0.1, -0.05) is 46.3 Å². The van der Waals surface area contributed by atoms with Crippen molar-refractivity contribution in [3.05, 3.63) is 52.0 Å². The quantitative estimate of drug-likeness (QED) is 0.338. The highest BCUT2D eigenvalue weighted by molar-refractivity contribution is 8.01. The first kappa shape index (κ1) is 23.1. The molecule has 0 saturated heterocycles. The van der Waals surface area contributed by atoms with E-state index in [1.807, 2.05) is 0 Å². The van der Waals surface area contributed by atoms with E-state index in [0.717, 1.165) is 11.3 Å². The first-order valence-corrected chi connectivity index (χ1v) is 11.2. The molecule has 12 heteroatoms. The average Bonchev–Trinajstić information content (AvgIpc) is 3.19. The zero-order chi connectivity index (χ0) is 22.4. The van der Waals surface area contributed by atoms with E-state index in [1.165, 1.54) is 38.1 Å². The lowest BCUT2D eigenvalue weighted by atomic mass is 10.2. The van der Waals surface area contributed by atoms with E-state index in [1.54, 1.807) is 24.3 Å². The molecule has 2 N–H and O–H groups in total. The number of hydrogen-bond donors (Lipinski definition) is 2. The van der Waals surface area contributed by atoms with Crippen molar-refractivity contribution in [2.24, 2.45) is 0 Å². The zero-order valence-electron chi connectivity index (χ0n) is 16.3. The van der Waals surface area contributed by atoms with Crippen LogP contribution in [-0.4, -0.2) is 42.0 Å². The van der Waals surface area contributed by atoms with Gasteiger partial charge < -0.3 is 14.8 Å². The van der Waals surface area contributed by atoms with E-state index in [0.29, 0.717) is 31.7 Å². The summed E-state index contributed by atoms with van der Waals surface area (Å²) in [4.78, 5) is 24.6. The minimum atomic E-state index is -0.430. The van der Waals surface area contributed by atoms with Gasteiger partial charge in [-0.2, -0.15) is 0 Å². The number of hydrogen-bond acceptors (Lipinski definition) is 8. The highest BCUT2D eigenvalue weighted by Crippen LogP contribution is 2.30. The van der Waals surface area contributed by atoms with Crippen LogP contribution >= 0.6 is 46.3 Å². The van der Waals surface area contributed by atoms with Crippen molar-refractivity contribution in [1.82, 2.24) is 10.2 Å². The van der Waals surface area contributed by atoms with Crippen LogP contribution in [0, 0.1) is 0 Å². The zero-order valence-corrected chi connectivity index (χ0v) is 19.4. The molecular weight excluding hydrogens is 483 g/mol. The minimum absolute atomic E-state index is 0.111. The average molecular weight is 499 g/mol. The van der Waals surface area contributed by atoms with E-state index in [9.17, 15) is 9.59 Å². The molecule has 1 aromatic heterocycles. The van der Waals surface area contributed by atoms with Gasteiger partial charge in [0.2, 0.25) is 11.0 Å². The maximum Gasteiger partial charge on any atom is 0.259 e. The Balaban J connectivity index is 1.54. The van der Waals surface area contributed by atoms with Gasteiger partial charge in [0, 0.05) is 16.8 Å². The Morgan fingerprint density at radius 3 is 2.52 bits per heavy atom. The molecule has 8 nitrogen and oxygen atoms in total. The van der Waals surface area contributed by atoms with Crippen LogP contribution in [0.5, 0.6) is 11.5 Å². The Morgan fingerprint density at radius 1 is 1.03 bits per heavy atom. The third-order valence-corrected chi connectivity index (χ3v) is 6.32. The Hall–Kier alpha value is -2.53. The van der Waals surface area contributed by atoms with Gasteiger partial charge in [0.1, 0.15) is 0 Å². The number of benzene rings is 2. The molecule has 3 aromatic rings. The molecule has 0 aliphatic rings. The predicted octanol–water partition coefficient (Wildman–Crippen LogP) is 4.85. The molecule has 0 unspecified atom stereocenters. The number of ether oxygens (including phenoxy) is 2. The molecule has 162 valence electrons. The maximum atomic E-state index is 12.3. The van der Waals surface area contributed by atoms with E-state index in [4.69, 9.17) is 32.7 Å². The minimum Gasteiger partial charge on any atom is -0.493 e. The summed E-state index contributed by atoms with van der Waals surface area (Å²) in [5.41, 5.74) is 0.845. The van der Waals surface area contributed by atoms with E-state index < -0.39 is 5.91 Å². The molecule has 0 radical (unpaired) electrons. The van der Waals surface area contributed by atoms with E-state index >= 15 is 0 Å². The van der Waals surface area contributed by atoms with Crippen molar-refractivity contribution < 1.29 is 19.1 Å². The number of methoxy groups -OCH3 is 2. The Labute approximate surface area is 196 Å². The molecule has 0 aliphatic carbocycles. The Kier molecular flexibility index (Phi) is 7.97. The number of thioether (sulfide) groups is 1. The monoisotopic (exact) mass is 498 g/mol. The number of halogens is 2. The van der Waals surface area contributed by atoms with E-state index in [2.05, 4.69) is 20.8 Å². The first-order valence-electron chi connectivity index (χ1n) is 8.64. The Bertz CT molecular complexity index is 1110. The second kappa shape index (κ2) is 10.7. The number of nitrogens with zero attached hydrogens (tertiary/aromatic N) is 2. The van der Waals surface area contributed by atoms with Gasteiger partial charge in [-0.15, -0.1) is 10.2 Å². The lowest BCUT2D eigenvalue weighted by Gasteiger charge is -2.10. The number of rotatable bonds is 8. The molecule has 1 heterocycles. The summed E-state index contributed by atoms with van der Waals surface area (Å²) in [7, 11) is 3.06. The highest BCUT2D eigenvalue weighted by atomic mass is 35.5. The van der Waals surface area contributed by atoms with Crippen LogP contribution in [0.15, 0.2) is 40.7 Å². The van der Waals surface area contributed by atoms with Crippen LogP contribution in [0.3, 0.4) is 0 Å². The van der Waals surface area contributed by atoms with Gasteiger partial charge in [-0.25, -0.2) is 0 Å². The molecule has 0 saturated carbocycles. The molecule has 3 rings (SSSR count). The number of carbonyl (C=O) groups excluding carboxylic acids is 2. The largest absolute Gasteiger partial charge is 0.493 e. The van der Waals surface area contributed by atoms with Crippen molar-refractivity contribution in [3.63, 3.8) is 0 Å². The molecule has 0 fully saturated rings. The van der Waals surface area contributed by atoms with Gasteiger partial charge in [-0.3, -0.25) is 14.9 Å². The first-order chi connectivity index (χ1) is 14.9. The Morgan fingerprint density at radius 2 is 1.81 bits per heavy atom. The fourth-order valence-electron chi connectivity index (χ4n) is 2.40. The molecule has 0 aliphatic heterocycles. The lowest BCUT2D eigenvalue weighted by molar-refractivity contribution is -0.113. The highest BCUT2D eigenvalue weighted by Gasteiger charge is 2.15. The number of amides is 2. The topological polar surface area (TPSA) is 102 Å². The fourth-order valence-corrected chi connectivity index (χ4v) is 4.44. The molecule has 0 spiro atoms. The maximum absolute atomic E-state index is 12.3. The number of anilines is 2. The second-order valence-corrected chi connectivity index (χ2v) is 8.90. The third-order valence-electron chi connectivity index (χ3n) is 3.80. The third kappa shape index (κ3) is 6.23. The molecule has 0 bridgehead atoms. The summed E-state index contributed by atoms with van der Waals surface area (Å²) in [5, 5.41) is 14.3. The van der Waals surface area contributed by atoms with Crippen LogP contribution in [-0.2, 0) is 4.79 Å². The van der Waals surface area contributed by atoms with Gasteiger partial charge >= 0.3 is 0 Å². The van der Waals surface area contributed by atoms with Crippen molar-refractivity contribution in [1.29, 1.82) is 0 Å². The number of carbonyl (C=O) groups is 2. The van der Waals surface area contributed by atoms with Crippen LogP contribution in [0.4, 0.5) is 10.8 Å². The standard InChI is InChI=1S/C19H16Cl2N4O4S2/c1-28-14-6-4-11(8-15(14)29-2)22-16(26)9-30-19-25-24-18(31-19)23-17(27)12-5-3-10(20)7-13(12)21/h3-8H,9H2,1-2H3,(H,22,26)(H,23,24,27). The summed E-state index contributed by atoms with van der Waals surface area (Å²) in [6.07, 6.45) is 0. The lowest BCUT2D eigenvalue weighted by Crippen LogP contribution is -2.14. The summed E-state index contributed by atoms with van der Waals surface area (Å²) in [6, 6.07) is 9.66. The summed E-state index contributed by atoms with van der Waals surface area (Å²) in [6.45, 7) is 0. The van der Waals surface area contributed by atoms with Gasteiger partial charge in [-0.05, 0) is 30.3 Å². The van der Waals surface area contributed by atoms with Crippen molar-refractivity contribution in [3.8, 4) is 11.5 Å². The SMILES string of the molecule is COc1ccc(NC(=O)CSc2nnc(NC(=O)c3ccc(Cl)cc3Cl)s2)cc1OC. The normalized spacial score (nSPS) is 10.5. The molecule has 2 amide bonds. The van der Waals surface area contributed by atoms with Crippen molar-refractivity contribution in [2.75, 3.05) is 30.6 Å². The van der Waals surface area contributed by atoms with Gasteiger partial charge in [0.25, 0.3) is 5.91 Å². The van der Waals surface area contributed by atoms with Crippen LogP contribution < -0.4 is 20.1 Å². The number of nitrogens with one attached hydrogen (secondary N) is 2. The van der Waals surface area contributed by atoms with Crippen LogP contribution in [0.25, 0.3) is 0 Å². The van der Waals surface area contributed by atoms with Crippen LogP contribution in [0.1, 0.15) is 10.4 Å². The van der Waals surface area contributed by atoms with Crippen LogP contribution in [0.2, 0.25) is 10.0 Å². The smallest absolute Gasteiger partial charge is 0.259 e. The van der Waals surface area contributed by atoms with E-state index in [-0.39, 0.29) is 22.2 Å². The predicted molar refractivity (Wildman–Crippen MR) is 123 cm³/mol. The van der Waals surface area contributed by atoms with Gasteiger partial charge in [0.15, 0.2) is 15.8 Å². The summed E-state index contributed by atoms with van der Waals surface area (Å²) < 4.78 is 10.9. The van der Waals surface area contributed by atoms with Gasteiger partial charge in [0.05, 0.1) is 30.6 Å².